The zero-order valence-corrected chi connectivity index (χ0v) is 5.53. The van der Waals surface area contributed by atoms with E-state index in [2.05, 4.69) is 15.9 Å². The standard InChI is InChI=1S/C3H2BrClO2/c4-1-2(5)3(6)7/h1H,(H,6,7). The molecule has 0 atom stereocenters. The van der Waals surface area contributed by atoms with E-state index in [1.54, 1.807) is 0 Å². The van der Waals surface area contributed by atoms with Gasteiger partial charge in [-0.25, -0.2) is 4.79 Å². The van der Waals surface area contributed by atoms with Crippen molar-refractivity contribution in [2.75, 3.05) is 0 Å². The molecular weight excluding hydrogens is 183 g/mol. The third kappa shape index (κ3) is 2.65. The predicted octanol–water partition coefficient (Wildman–Crippen LogP) is 1.55. The van der Waals surface area contributed by atoms with E-state index in [0.29, 0.717) is 0 Å². The first-order valence-electron chi connectivity index (χ1n) is 1.37. The zero-order chi connectivity index (χ0) is 5.86. The minimum atomic E-state index is -1.13. The largest absolute Gasteiger partial charge is 0.477 e. The minimum absolute atomic E-state index is 0.222. The highest BCUT2D eigenvalue weighted by molar-refractivity contribution is 9.11. The summed E-state index contributed by atoms with van der Waals surface area (Å²) in [6.45, 7) is 0. The Balaban J connectivity index is 3.82. The maximum Gasteiger partial charge on any atom is 0.347 e. The van der Waals surface area contributed by atoms with Gasteiger partial charge in [0.1, 0.15) is 5.03 Å². The number of aliphatic carboxylic acids is 1. The molecule has 0 saturated carbocycles. The Kier molecular flexibility index (Phi) is 3.04. The van der Waals surface area contributed by atoms with Crippen molar-refractivity contribution in [2.45, 2.75) is 0 Å². The molecule has 0 aromatic heterocycles. The number of rotatable bonds is 1. The second-order valence-corrected chi connectivity index (χ2v) is 1.63. The predicted molar refractivity (Wildman–Crippen MR) is 30.5 cm³/mol. The first-order chi connectivity index (χ1) is 3.18. The van der Waals surface area contributed by atoms with Gasteiger partial charge in [0.05, 0.1) is 0 Å². The fourth-order valence-corrected chi connectivity index (χ4v) is 0.243. The fourth-order valence-electron chi connectivity index (χ4n) is 0.0467. The summed E-state index contributed by atoms with van der Waals surface area (Å²) in [4.78, 5) is 10.8. The van der Waals surface area contributed by atoms with Crippen molar-refractivity contribution in [3.8, 4) is 0 Å². The van der Waals surface area contributed by atoms with Gasteiger partial charge in [0.25, 0.3) is 0 Å². The first-order valence-corrected chi connectivity index (χ1v) is 2.67. The van der Waals surface area contributed by atoms with E-state index in [9.17, 15) is 4.79 Å². The Morgan fingerprint density at radius 2 is 2.29 bits per heavy atom. The third-order valence-electron chi connectivity index (χ3n) is 0.300. The molecule has 0 spiro atoms. The second kappa shape index (κ2) is 3.04. The Bertz CT molecular complexity index is 110. The highest BCUT2D eigenvalue weighted by atomic mass is 79.9. The number of carboxylic acid groups (broad SMARTS) is 1. The van der Waals surface area contributed by atoms with Gasteiger partial charge in [0.2, 0.25) is 0 Å². The van der Waals surface area contributed by atoms with Crippen LogP contribution in [0, 0.1) is 0 Å². The van der Waals surface area contributed by atoms with Gasteiger partial charge in [-0.15, -0.1) is 0 Å². The van der Waals surface area contributed by atoms with Crippen LogP contribution in [0.3, 0.4) is 0 Å². The summed E-state index contributed by atoms with van der Waals surface area (Å²) in [6.07, 6.45) is 0. The van der Waals surface area contributed by atoms with Crippen LogP contribution in [-0.4, -0.2) is 11.1 Å². The molecule has 0 aliphatic heterocycles. The van der Waals surface area contributed by atoms with Gasteiger partial charge < -0.3 is 5.11 Å². The number of carboxylic acids is 1. The molecular formula is C3H2BrClO2. The molecule has 0 unspecified atom stereocenters. The normalized spacial score (nSPS) is 11.4. The molecule has 4 heteroatoms. The van der Waals surface area contributed by atoms with Crippen molar-refractivity contribution in [3.05, 3.63) is 10.0 Å². The van der Waals surface area contributed by atoms with Gasteiger partial charge >= 0.3 is 5.97 Å². The van der Waals surface area contributed by atoms with Crippen LogP contribution in [0.15, 0.2) is 10.0 Å². The zero-order valence-electron chi connectivity index (χ0n) is 3.19. The number of halogens is 2. The number of hydrogen-bond donors (Lipinski definition) is 1. The number of hydrogen-bond acceptors (Lipinski definition) is 1. The molecule has 0 aromatic carbocycles. The van der Waals surface area contributed by atoms with E-state index in [1.807, 2.05) is 0 Å². The Hall–Kier alpha value is -0.0200. The quantitative estimate of drug-likeness (QED) is 0.629. The third-order valence-corrected chi connectivity index (χ3v) is 1.29. The monoisotopic (exact) mass is 184 g/mol. The van der Waals surface area contributed by atoms with Crippen LogP contribution in [0.5, 0.6) is 0 Å². The van der Waals surface area contributed by atoms with Crippen molar-refractivity contribution in [2.24, 2.45) is 0 Å². The van der Waals surface area contributed by atoms with Crippen molar-refractivity contribution in [1.29, 1.82) is 0 Å². The van der Waals surface area contributed by atoms with E-state index in [4.69, 9.17) is 16.7 Å². The molecule has 0 saturated heterocycles. The summed E-state index contributed by atoms with van der Waals surface area (Å²) in [5.41, 5.74) is 0. The molecule has 0 aliphatic rings. The van der Waals surface area contributed by atoms with Gasteiger partial charge in [-0.2, -0.15) is 0 Å². The lowest BCUT2D eigenvalue weighted by Gasteiger charge is -1.80. The fraction of sp³-hybridized carbons (Fsp3) is 0. The van der Waals surface area contributed by atoms with E-state index < -0.39 is 5.97 Å². The molecule has 0 radical (unpaired) electrons. The Labute approximate surface area is 53.9 Å². The highest BCUT2D eigenvalue weighted by Crippen LogP contribution is 2.02. The average molecular weight is 185 g/mol. The summed E-state index contributed by atoms with van der Waals surface area (Å²) in [5.74, 6) is -1.13. The van der Waals surface area contributed by atoms with Crippen molar-refractivity contribution < 1.29 is 9.90 Å². The van der Waals surface area contributed by atoms with Gasteiger partial charge in [-0.3, -0.25) is 0 Å². The summed E-state index contributed by atoms with van der Waals surface area (Å²) in [5, 5.41) is 7.73. The van der Waals surface area contributed by atoms with Gasteiger partial charge in [0.15, 0.2) is 0 Å². The van der Waals surface area contributed by atoms with Crippen LogP contribution in [0.25, 0.3) is 0 Å². The molecule has 0 fully saturated rings. The Morgan fingerprint density at radius 1 is 1.86 bits per heavy atom. The molecule has 0 heterocycles. The minimum Gasteiger partial charge on any atom is -0.477 e. The van der Waals surface area contributed by atoms with E-state index in [1.165, 1.54) is 0 Å². The van der Waals surface area contributed by atoms with Crippen LogP contribution in [0.2, 0.25) is 0 Å². The molecule has 0 bridgehead atoms. The van der Waals surface area contributed by atoms with E-state index >= 15 is 0 Å². The molecule has 0 amide bonds. The van der Waals surface area contributed by atoms with Gasteiger partial charge in [-0.05, 0) is 0 Å². The van der Waals surface area contributed by atoms with E-state index in [0.717, 1.165) is 4.99 Å². The lowest BCUT2D eigenvalue weighted by molar-refractivity contribution is -0.131. The highest BCUT2D eigenvalue weighted by Gasteiger charge is 1.97. The van der Waals surface area contributed by atoms with Crippen LogP contribution in [0.1, 0.15) is 0 Å². The molecule has 2 nitrogen and oxygen atoms in total. The Morgan fingerprint density at radius 3 is 2.29 bits per heavy atom. The average Bonchev–Trinajstić information content (AvgIpc) is 1.65. The van der Waals surface area contributed by atoms with Crippen LogP contribution in [-0.2, 0) is 4.79 Å². The smallest absolute Gasteiger partial charge is 0.347 e. The van der Waals surface area contributed by atoms with Gasteiger partial charge in [-0.1, -0.05) is 27.5 Å². The van der Waals surface area contributed by atoms with Crippen LogP contribution >= 0.6 is 27.5 Å². The second-order valence-electron chi connectivity index (χ2n) is 0.762. The molecule has 7 heavy (non-hydrogen) atoms. The summed E-state index contributed by atoms with van der Waals surface area (Å²) in [7, 11) is 0. The molecule has 0 aromatic rings. The summed E-state index contributed by atoms with van der Waals surface area (Å²) < 4.78 is 0. The lowest BCUT2D eigenvalue weighted by atomic mass is 10.7. The van der Waals surface area contributed by atoms with Crippen LogP contribution in [0.4, 0.5) is 0 Å². The summed E-state index contributed by atoms with van der Waals surface area (Å²) in [6, 6.07) is 0. The maximum atomic E-state index is 9.70. The summed E-state index contributed by atoms with van der Waals surface area (Å²) >= 11 is 7.76. The first kappa shape index (κ1) is 6.98. The molecule has 40 valence electrons. The van der Waals surface area contributed by atoms with E-state index in [-0.39, 0.29) is 5.03 Å². The van der Waals surface area contributed by atoms with Crippen LogP contribution < -0.4 is 0 Å². The van der Waals surface area contributed by atoms with Crippen molar-refractivity contribution in [3.63, 3.8) is 0 Å². The molecule has 1 N–H and O–H groups in total. The lowest BCUT2D eigenvalue weighted by Crippen LogP contribution is -1.90. The SMILES string of the molecule is O=C(O)C(Cl)=CBr. The van der Waals surface area contributed by atoms with Crippen molar-refractivity contribution in [1.82, 2.24) is 0 Å². The number of carbonyl (C=O) groups is 1. The van der Waals surface area contributed by atoms with Crippen molar-refractivity contribution >= 4 is 33.5 Å². The van der Waals surface area contributed by atoms with Gasteiger partial charge in [0, 0.05) is 4.99 Å². The molecule has 0 aliphatic carbocycles. The maximum absolute atomic E-state index is 9.70. The molecule has 0 rings (SSSR count). The topological polar surface area (TPSA) is 37.3 Å².